The first-order chi connectivity index (χ1) is 10.5. The van der Waals surface area contributed by atoms with Crippen LogP contribution in [0.2, 0.25) is 0 Å². The van der Waals surface area contributed by atoms with Gasteiger partial charge in [-0.2, -0.15) is 0 Å². The van der Waals surface area contributed by atoms with Crippen molar-refractivity contribution in [2.75, 3.05) is 31.6 Å². The van der Waals surface area contributed by atoms with Crippen LogP contribution in [0, 0.1) is 0 Å². The average molecular weight is 361 g/mol. The van der Waals surface area contributed by atoms with Gasteiger partial charge in [-0.3, -0.25) is 4.79 Å². The molecule has 1 aromatic carbocycles. The number of hydrogen-bond donors (Lipinski definition) is 1. The van der Waals surface area contributed by atoms with Gasteiger partial charge < -0.3 is 10.2 Å². The zero-order chi connectivity index (χ0) is 16.0. The molecule has 0 spiro atoms. The normalized spacial score (nSPS) is 17.5. The fourth-order valence-corrected chi connectivity index (χ4v) is 3.99. The monoisotopic (exact) mass is 360 g/mol. The molecule has 1 aliphatic heterocycles. The van der Waals surface area contributed by atoms with Crippen molar-refractivity contribution in [2.24, 2.45) is 0 Å². The van der Waals surface area contributed by atoms with E-state index in [4.69, 9.17) is 0 Å². The van der Waals surface area contributed by atoms with Crippen LogP contribution in [0.15, 0.2) is 30.3 Å². The Morgan fingerprint density at radius 3 is 2.61 bits per heavy atom. The van der Waals surface area contributed by atoms with Crippen molar-refractivity contribution in [3.05, 3.63) is 35.9 Å². The van der Waals surface area contributed by atoms with E-state index in [1.807, 2.05) is 30.3 Å². The molecule has 1 amide bonds. The standard InChI is InChI=1S/C16H24N2O3S.ClH/c1-18(15-9-10-17-12-15)16(19)13-22(20,21)11-5-8-14-6-3-2-4-7-14;/h2-4,6-7,15,17H,5,8-13H2,1H3;1H. The van der Waals surface area contributed by atoms with E-state index < -0.39 is 9.84 Å². The lowest BCUT2D eigenvalue weighted by molar-refractivity contribution is -0.128. The Morgan fingerprint density at radius 1 is 1.30 bits per heavy atom. The van der Waals surface area contributed by atoms with Crippen LogP contribution in [-0.2, 0) is 21.1 Å². The number of benzene rings is 1. The second-order valence-corrected chi connectivity index (χ2v) is 8.02. The number of likely N-dealkylation sites (N-methyl/N-ethyl adjacent to an activating group) is 1. The van der Waals surface area contributed by atoms with Gasteiger partial charge in [0.15, 0.2) is 9.84 Å². The quantitative estimate of drug-likeness (QED) is 0.795. The number of hydrogen-bond acceptors (Lipinski definition) is 4. The van der Waals surface area contributed by atoms with Gasteiger partial charge >= 0.3 is 0 Å². The van der Waals surface area contributed by atoms with Gasteiger partial charge in [0, 0.05) is 19.6 Å². The van der Waals surface area contributed by atoms with Gasteiger partial charge in [-0.05, 0) is 31.4 Å². The maximum atomic E-state index is 12.1. The number of carbonyl (C=O) groups excluding carboxylic acids is 1. The summed E-state index contributed by atoms with van der Waals surface area (Å²) in [5, 5.41) is 3.18. The smallest absolute Gasteiger partial charge is 0.237 e. The number of nitrogens with zero attached hydrogens (tertiary/aromatic N) is 1. The highest BCUT2D eigenvalue weighted by Crippen LogP contribution is 2.09. The van der Waals surface area contributed by atoms with Crippen molar-refractivity contribution < 1.29 is 13.2 Å². The molecule has 0 aliphatic carbocycles. The van der Waals surface area contributed by atoms with E-state index in [1.54, 1.807) is 11.9 Å². The maximum Gasteiger partial charge on any atom is 0.237 e. The van der Waals surface area contributed by atoms with E-state index in [2.05, 4.69) is 5.32 Å². The molecule has 5 nitrogen and oxygen atoms in total. The third-order valence-electron chi connectivity index (χ3n) is 4.08. The van der Waals surface area contributed by atoms with Crippen LogP contribution in [0.25, 0.3) is 0 Å². The minimum atomic E-state index is -3.34. The zero-order valence-corrected chi connectivity index (χ0v) is 15.0. The number of halogens is 1. The molecule has 0 saturated carbocycles. The van der Waals surface area contributed by atoms with Crippen LogP contribution in [0.1, 0.15) is 18.4 Å². The van der Waals surface area contributed by atoms with Crippen LogP contribution in [-0.4, -0.2) is 56.9 Å². The maximum absolute atomic E-state index is 12.1. The Balaban J connectivity index is 0.00000264. The molecule has 1 aromatic rings. The third-order valence-corrected chi connectivity index (χ3v) is 5.68. The van der Waals surface area contributed by atoms with Crippen molar-refractivity contribution in [3.8, 4) is 0 Å². The highest BCUT2D eigenvalue weighted by atomic mass is 35.5. The first-order valence-electron chi connectivity index (χ1n) is 7.69. The predicted molar refractivity (Wildman–Crippen MR) is 94.7 cm³/mol. The fraction of sp³-hybridized carbons (Fsp3) is 0.562. The van der Waals surface area contributed by atoms with Crippen LogP contribution in [0.4, 0.5) is 0 Å². The van der Waals surface area contributed by atoms with Crippen molar-refractivity contribution in [1.82, 2.24) is 10.2 Å². The first-order valence-corrected chi connectivity index (χ1v) is 9.51. The first kappa shape index (κ1) is 19.9. The van der Waals surface area contributed by atoms with Crippen LogP contribution >= 0.6 is 12.4 Å². The van der Waals surface area contributed by atoms with Gasteiger partial charge in [-0.1, -0.05) is 30.3 Å². The Labute approximate surface area is 144 Å². The van der Waals surface area contributed by atoms with Gasteiger partial charge in [-0.25, -0.2) is 8.42 Å². The summed E-state index contributed by atoms with van der Waals surface area (Å²) in [4.78, 5) is 13.7. The highest BCUT2D eigenvalue weighted by Gasteiger charge is 2.26. The lowest BCUT2D eigenvalue weighted by Crippen LogP contribution is -2.41. The molecule has 1 saturated heterocycles. The molecule has 130 valence electrons. The molecule has 1 fully saturated rings. The second-order valence-electron chi connectivity index (χ2n) is 5.83. The molecule has 2 rings (SSSR count). The van der Waals surface area contributed by atoms with E-state index in [-0.39, 0.29) is 35.9 Å². The summed E-state index contributed by atoms with van der Waals surface area (Å²) in [7, 11) is -1.64. The van der Waals surface area contributed by atoms with E-state index in [1.165, 1.54) is 0 Å². The predicted octanol–water partition coefficient (Wildman–Crippen LogP) is 1.28. The number of aryl methyl sites for hydroxylation is 1. The van der Waals surface area contributed by atoms with Crippen molar-refractivity contribution in [2.45, 2.75) is 25.3 Å². The van der Waals surface area contributed by atoms with E-state index >= 15 is 0 Å². The molecule has 23 heavy (non-hydrogen) atoms. The summed E-state index contributed by atoms with van der Waals surface area (Å²) in [6.07, 6.45) is 2.15. The largest absolute Gasteiger partial charge is 0.341 e. The minimum Gasteiger partial charge on any atom is -0.341 e. The SMILES string of the molecule is CN(C(=O)CS(=O)(=O)CCCc1ccccc1)C1CCNC1.Cl. The summed E-state index contributed by atoms with van der Waals surface area (Å²) in [6, 6.07) is 9.91. The molecule has 1 aliphatic rings. The Hall–Kier alpha value is -1.11. The Bertz CT molecular complexity index is 587. The summed E-state index contributed by atoms with van der Waals surface area (Å²) in [5.74, 6) is -0.618. The van der Waals surface area contributed by atoms with Crippen molar-refractivity contribution in [1.29, 1.82) is 0 Å². The minimum absolute atomic E-state index is 0. The molecule has 0 aromatic heterocycles. The average Bonchev–Trinajstić information content (AvgIpc) is 3.01. The summed E-state index contributed by atoms with van der Waals surface area (Å²) >= 11 is 0. The lowest BCUT2D eigenvalue weighted by Gasteiger charge is -2.23. The number of rotatable bonds is 7. The summed E-state index contributed by atoms with van der Waals surface area (Å²) in [6.45, 7) is 1.63. The molecule has 0 bridgehead atoms. The van der Waals surface area contributed by atoms with Crippen LogP contribution in [0.5, 0.6) is 0 Å². The van der Waals surface area contributed by atoms with Gasteiger partial charge in [0.1, 0.15) is 5.75 Å². The third kappa shape index (κ3) is 6.49. The summed E-state index contributed by atoms with van der Waals surface area (Å²) in [5.41, 5.74) is 1.12. The molecular weight excluding hydrogens is 336 g/mol. The van der Waals surface area contributed by atoms with E-state index in [0.717, 1.165) is 31.5 Å². The topological polar surface area (TPSA) is 66.5 Å². The number of carbonyl (C=O) groups is 1. The Kier molecular flexibility index (Phi) is 8.02. The van der Waals surface area contributed by atoms with Gasteiger partial charge in [0.2, 0.25) is 5.91 Å². The molecule has 1 N–H and O–H groups in total. The van der Waals surface area contributed by atoms with E-state index in [9.17, 15) is 13.2 Å². The number of sulfone groups is 1. The van der Waals surface area contributed by atoms with Gasteiger partial charge in [0.25, 0.3) is 0 Å². The Morgan fingerprint density at radius 2 is 2.00 bits per heavy atom. The van der Waals surface area contributed by atoms with Gasteiger partial charge in [0.05, 0.1) is 5.75 Å². The van der Waals surface area contributed by atoms with Crippen LogP contribution in [0.3, 0.4) is 0 Å². The molecule has 1 atom stereocenters. The molecule has 1 unspecified atom stereocenters. The van der Waals surface area contributed by atoms with Gasteiger partial charge in [-0.15, -0.1) is 12.4 Å². The molecule has 7 heteroatoms. The second kappa shape index (κ2) is 9.25. The summed E-state index contributed by atoms with van der Waals surface area (Å²) < 4.78 is 24.2. The number of nitrogens with one attached hydrogen (secondary N) is 1. The molecule has 0 radical (unpaired) electrons. The van der Waals surface area contributed by atoms with Crippen LogP contribution < -0.4 is 5.32 Å². The van der Waals surface area contributed by atoms with Crippen molar-refractivity contribution in [3.63, 3.8) is 0 Å². The number of amides is 1. The van der Waals surface area contributed by atoms with E-state index in [0.29, 0.717) is 6.42 Å². The fourth-order valence-electron chi connectivity index (χ4n) is 2.68. The van der Waals surface area contributed by atoms with Crippen molar-refractivity contribution >= 4 is 28.2 Å². The zero-order valence-electron chi connectivity index (χ0n) is 13.4. The molecule has 1 heterocycles. The highest BCUT2D eigenvalue weighted by molar-refractivity contribution is 7.92. The molecular formula is C16H25ClN2O3S. The lowest BCUT2D eigenvalue weighted by atomic mass is 10.1.